The first kappa shape index (κ1) is 15.6. The molecule has 2 aliphatic rings. The molecular weight excluding hydrogens is 272 g/mol. The summed E-state index contributed by atoms with van der Waals surface area (Å²) < 4.78 is 5.53. The monoisotopic (exact) mass is 296 g/mol. The Labute approximate surface area is 128 Å². The first-order valence-electron chi connectivity index (χ1n) is 7.37. The number of piperazine rings is 1. The SMILES string of the molecule is COc1ccccc1C1CNCCN1CC1CC1C.Cl. The second-order valence-corrected chi connectivity index (χ2v) is 5.93. The third-order valence-corrected chi connectivity index (χ3v) is 4.60. The second-order valence-electron chi connectivity index (χ2n) is 5.93. The number of hydrogen-bond donors (Lipinski definition) is 1. The van der Waals surface area contributed by atoms with Crippen molar-refractivity contribution in [3.8, 4) is 5.75 Å². The van der Waals surface area contributed by atoms with Gasteiger partial charge in [-0.3, -0.25) is 4.90 Å². The summed E-state index contributed by atoms with van der Waals surface area (Å²) in [7, 11) is 1.77. The number of nitrogens with one attached hydrogen (secondary N) is 1. The van der Waals surface area contributed by atoms with E-state index >= 15 is 0 Å². The normalized spacial score (nSPS) is 29.6. The average molecular weight is 297 g/mol. The third-order valence-electron chi connectivity index (χ3n) is 4.60. The Bertz CT molecular complexity index is 440. The zero-order valence-corrected chi connectivity index (χ0v) is 13.2. The van der Waals surface area contributed by atoms with E-state index in [-0.39, 0.29) is 12.4 Å². The number of nitrogens with zero attached hydrogens (tertiary/aromatic N) is 1. The van der Waals surface area contributed by atoms with Crippen LogP contribution in [0.2, 0.25) is 0 Å². The highest BCUT2D eigenvalue weighted by Gasteiger charge is 2.36. The highest BCUT2D eigenvalue weighted by Crippen LogP contribution is 2.40. The summed E-state index contributed by atoms with van der Waals surface area (Å²) in [4.78, 5) is 2.64. The van der Waals surface area contributed by atoms with Gasteiger partial charge in [-0.2, -0.15) is 0 Å². The van der Waals surface area contributed by atoms with Gasteiger partial charge >= 0.3 is 0 Å². The number of benzene rings is 1. The van der Waals surface area contributed by atoms with Crippen LogP contribution in [0.5, 0.6) is 5.75 Å². The Hall–Kier alpha value is -0.770. The van der Waals surface area contributed by atoms with Gasteiger partial charge in [0.2, 0.25) is 0 Å². The average Bonchev–Trinajstić information content (AvgIpc) is 3.15. The van der Waals surface area contributed by atoms with Gasteiger partial charge in [0.05, 0.1) is 13.2 Å². The summed E-state index contributed by atoms with van der Waals surface area (Å²) in [6.07, 6.45) is 1.41. The van der Waals surface area contributed by atoms with Crippen molar-refractivity contribution in [2.24, 2.45) is 11.8 Å². The first-order valence-corrected chi connectivity index (χ1v) is 7.37. The number of halogens is 1. The molecule has 3 rings (SSSR count). The number of para-hydroxylation sites is 1. The van der Waals surface area contributed by atoms with Gasteiger partial charge in [-0.1, -0.05) is 25.1 Å². The Morgan fingerprint density at radius 3 is 2.80 bits per heavy atom. The van der Waals surface area contributed by atoms with Crippen LogP contribution in [-0.2, 0) is 0 Å². The van der Waals surface area contributed by atoms with Gasteiger partial charge in [0.25, 0.3) is 0 Å². The molecular formula is C16H25ClN2O. The van der Waals surface area contributed by atoms with Crippen molar-refractivity contribution in [2.75, 3.05) is 33.3 Å². The molecule has 0 radical (unpaired) electrons. The van der Waals surface area contributed by atoms with Gasteiger partial charge in [-0.25, -0.2) is 0 Å². The predicted molar refractivity (Wildman–Crippen MR) is 84.7 cm³/mol. The molecule has 3 unspecified atom stereocenters. The summed E-state index contributed by atoms with van der Waals surface area (Å²) >= 11 is 0. The van der Waals surface area contributed by atoms with Crippen LogP contribution in [0.15, 0.2) is 24.3 Å². The maximum absolute atomic E-state index is 5.53. The number of ether oxygens (including phenoxy) is 1. The van der Waals surface area contributed by atoms with Crippen LogP contribution in [0.25, 0.3) is 0 Å². The molecule has 1 aliphatic carbocycles. The zero-order chi connectivity index (χ0) is 13.2. The highest BCUT2D eigenvalue weighted by molar-refractivity contribution is 5.85. The van der Waals surface area contributed by atoms with Crippen LogP contribution in [-0.4, -0.2) is 38.2 Å². The summed E-state index contributed by atoms with van der Waals surface area (Å²) in [6, 6.07) is 8.90. The Balaban J connectivity index is 0.00000147. The van der Waals surface area contributed by atoms with Crippen molar-refractivity contribution < 1.29 is 4.74 Å². The van der Waals surface area contributed by atoms with Gasteiger partial charge in [0, 0.05) is 31.7 Å². The van der Waals surface area contributed by atoms with E-state index in [0.717, 1.165) is 37.2 Å². The third kappa shape index (κ3) is 3.27. The summed E-state index contributed by atoms with van der Waals surface area (Å²) in [5, 5.41) is 3.52. The standard InChI is InChI=1S/C16H24N2O.ClH/c1-12-9-13(12)11-18-8-7-17-10-15(18)14-5-3-4-6-16(14)19-2;/h3-6,12-13,15,17H,7-11H2,1-2H3;1H. The maximum atomic E-state index is 5.53. The first-order chi connectivity index (χ1) is 9.29. The lowest BCUT2D eigenvalue weighted by atomic mass is 10.0. The van der Waals surface area contributed by atoms with Crippen molar-refractivity contribution >= 4 is 12.4 Å². The lowest BCUT2D eigenvalue weighted by Crippen LogP contribution is -2.46. The van der Waals surface area contributed by atoms with Gasteiger partial charge in [0.15, 0.2) is 0 Å². The minimum absolute atomic E-state index is 0. The predicted octanol–water partition coefficient (Wildman–Crippen LogP) is 2.72. The van der Waals surface area contributed by atoms with E-state index in [4.69, 9.17) is 4.74 Å². The molecule has 1 aromatic rings. The zero-order valence-electron chi connectivity index (χ0n) is 12.3. The Morgan fingerprint density at radius 1 is 1.35 bits per heavy atom. The molecule has 3 atom stereocenters. The minimum Gasteiger partial charge on any atom is -0.496 e. The molecule has 3 nitrogen and oxygen atoms in total. The quantitative estimate of drug-likeness (QED) is 0.924. The van der Waals surface area contributed by atoms with Gasteiger partial charge in [-0.05, 0) is 24.3 Å². The van der Waals surface area contributed by atoms with Crippen molar-refractivity contribution in [3.05, 3.63) is 29.8 Å². The fraction of sp³-hybridized carbons (Fsp3) is 0.625. The largest absolute Gasteiger partial charge is 0.496 e. The highest BCUT2D eigenvalue weighted by atomic mass is 35.5. The van der Waals surface area contributed by atoms with E-state index in [9.17, 15) is 0 Å². The summed E-state index contributed by atoms with van der Waals surface area (Å²) in [5.41, 5.74) is 1.32. The van der Waals surface area contributed by atoms with E-state index in [2.05, 4.69) is 35.3 Å². The summed E-state index contributed by atoms with van der Waals surface area (Å²) in [5.74, 6) is 2.86. The molecule has 1 heterocycles. The number of rotatable bonds is 4. The molecule has 1 aliphatic heterocycles. The lowest BCUT2D eigenvalue weighted by Gasteiger charge is -2.37. The smallest absolute Gasteiger partial charge is 0.123 e. The van der Waals surface area contributed by atoms with Crippen LogP contribution in [0.4, 0.5) is 0 Å². The molecule has 4 heteroatoms. The fourth-order valence-corrected chi connectivity index (χ4v) is 3.17. The van der Waals surface area contributed by atoms with E-state index in [1.54, 1.807) is 7.11 Å². The molecule has 112 valence electrons. The number of methoxy groups -OCH3 is 1. The van der Waals surface area contributed by atoms with Crippen molar-refractivity contribution in [3.63, 3.8) is 0 Å². The molecule has 0 bridgehead atoms. The van der Waals surface area contributed by atoms with Crippen LogP contribution in [0, 0.1) is 11.8 Å². The van der Waals surface area contributed by atoms with E-state index in [1.165, 1.54) is 18.5 Å². The molecule has 2 fully saturated rings. The molecule has 0 aromatic heterocycles. The lowest BCUT2D eigenvalue weighted by molar-refractivity contribution is 0.150. The molecule has 0 amide bonds. The van der Waals surface area contributed by atoms with Crippen LogP contribution >= 0.6 is 12.4 Å². The number of hydrogen-bond acceptors (Lipinski definition) is 3. The summed E-state index contributed by atoms with van der Waals surface area (Å²) in [6.45, 7) is 6.89. The van der Waals surface area contributed by atoms with E-state index in [1.807, 2.05) is 6.07 Å². The van der Waals surface area contributed by atoms with Crippen molar-refractivity contribution in [1.29, 1.82) is 0 Å². The van der Waals surface area contributed by atoms with Gasteiger partial charge in [0.1, 0.15) is 5.75 Å². The van der Waals surface area contributed by atoms with Crippen LogP contribution < -0.4 is 10.1 Å². The molecule has 1 saturated carbocycles. The maximum Gasteiger partial charge on any atom is 0.123 e. The Morgan fingerprint density at radius 2 is 2.10 bits per heavy atom. The van der Waals surface area contributed by atoms with Crippen LogP contribution in [0.3, 0.4) is 0 Å². The van der Waals surface area contributed by atoms with Gasteiger partial charge < -0.3 is 10.1 Å². The van der Waals surface area contributed by atoms with Crippen molar-refractivity contribution in [1.82, 2.24) is 10.2 Å². The molecule has 1 N–H and O–H groups in total. The van der Waals surface area contributed by atoms with E-state index in [0.29, 0.717) is 6.04 Å². The minimum atomic E-state index is 0. The fourth-order valence-electron chi connectivity index (χ4n) is 3.17. The molecule has 0 spiro atoms. The topological polar surface area (TPSA) is 24.5 Å². The molecule has 20 heavy (non-hydrogen) atoms. The molecule has 1 saturated heterocycles. The van der Waals surface area contributed by atoms with Gasteiger partial charge in [-0.15, -0.1) is 12.4 Å². The second kappa shape index (κ2) is 6.79. The van der Waals surface area contributed by atoms with E-state index < -0.39 is 0 Å². The molecule has 1 aromatic carbocycles. The van der Waals surface area contributed by atoms with Crippen molar-refractivity contribution in [2.45, 2.75) is 19.4 Å². The Kier molecular flexibility index (Phi) is 5.30. The van der Waals surface area contributed by atoms with Crippen LogP contribution in [0.1, 0.15) is 24.9 Å².